The average Bonchev–Trinajstić information content (AvgIpc) is 2.09. The summed E-state index contributed by atoms with van der Waals surface area (Å²) < 4.78 is 0. The van der Waals surface area contributed by atoms with Gasteiger partial charge in [-0.15, -0.1) is 6.42 Å². The second-order valence-electron chi connectivity index (χ2n) is 4.11. The summed E-state index contributed by atoms with van der Waals surface area (Å²) in [5, 5.41) is 0. The highest BCUT2D eigenvalue weighted by molar-refractivity contribution is 4.83. The molecular formula is C11H19NO. The van der Waals surface area contributed by atoms with E-state index in [0.717, 1.165) is 5.92 Å². The van der Waals surface area contributed by atoms with Crippen LogP contribution in [0.5, 0.6) is 0 Å². The van der Waals surface area contributed by atoms with E-state index in [2.05, 4.69) is 25.2 Å². The average molecular weight is 181 g/mol. The summed E-state index contributed by atoms with van der Waals surface area (Å²) in [6.07, 6.45) is 8.87. The topological polar surface area (TPSA) is 21.3 Å². The Kier molecular flexibility index (Phi) is 4.27. The second kappa shape index (κ2) is 5.26. The van der Waals surface area contributed by atoms with Gasteiger partial charge in [0, 0.05) is 6.04 Å². The summed E-state index contributed by atoms with van der Waals surface area (Å²) in [4.78, 5) is 5.14. The summed E-state index contributed by atoms with van der Waals surface area (Å²) in [6.45, 7) is 4.94. The van der Waals surface area contributed by atoms with Crippen LogP contribution in [0, 0.1) is 24.2 Å². The van der Waals surface area contributed by atoms with Crippen molar-refractivity contribution in [1.29, 1.82) is 0 Å². The fraction of sp³-hybridized carbons (Fsp3) is 0.818. The lowest BCUT2D eigenvalue weighted by Crippen LogP contribution is -2.39. The van der Waals surface area contributed by atoms with Gasteiger partial charge in [-0.3, -0.25) is 4.84 Å². The normalized spacial score (nSPS) is 34.1. The van der Waals surface area contributed by atoms with Gasteiger partial charge in [-0.2, -0.15) is 5.48 Å². The van der Waals surface area contributed by atoms with Gasteiger partial charge in [0.15, 0.2) is 0 Å². The van der Waals surface area contributed by atoms with Crippen LogP contribution in [0.15, 0.2) is 0 Å². The molecule has 2 heteroatoms. The number of nitrogens with one attached hydrogen (secondary N) is 1. The highest BCUT2D eigenvalue weighted by Gasteiger charge is 2.24. The van der Waals surface area contributed by atoms with Crippen molar-refractivity contribution in [3.63, 3.8) is 0 Å². The lowest BCUT2D eigenvalue weighted by molar-refractivity contribution is 0.00671. The lowest BCUT2D eigenvalue weighted by Gasteiger charge is -2.32. The Hall–Kier alpha value is -0.520. The molecule has 74 valence electrons. The van der Waals surface area contributed by atoms with Crippen LogP contribution < -0.4 is 5.48 Å². The molecular weight excluding hydrogens is 162 g/mol. The number of hydrogen-bond acceptors (Lipinski definition) is 2. The first-order valence-corrected chi connectivity index (χ1v) is 5.04. The maximum atomic E-state index is 5.14. The quantitative estimate of drug-likeness (QED) is 0.408. The van der Waals surface area contributed by atoms with E-state index < -0.39 is 0 Å². The summed E-state index contributed by atoms with van der Waals surface area (Å²) in [7, 11) is 0. The van der Waals surface area contributed by atoms with E-state index in [1.165, 1.54) is 19.3 Å². The molecule has 1 aliphatic rings. The predicted octanol–water partition coefficient (Wildman–Crippen LogP) is 1.97. The molecule has 0 aromatic carbocycles. The third-order valence-electron chi connectivity index (χ3n) is 2.82. The zero-order valence-electron chi connectivity index (χ0n) is 8.55. The molecule has 13 heavy (non-hydrogen) atoms. The van der Waals surface area contributed by atoms with Crippen molar-refractivity contribution in [2.24, 2.45) is 11.8 Å². The minimum atomic E-state index is 0.360. The molecule has 0 saturated heterocycles. The van der Waals surface area contributed by atoms with E-state index in [-0.39, 0.29) is 0 Å². The maximum Gasteiger partial charge on any atom is 0.128 e. The van der Waals surface area contributed by atoms with Gasteiger partial charge in [-0.1, -0.05) is 19.8 Å². The summed E-state index contributed by atoms with van der Waals surface area (Å²) in [5.74, 6) is 4.00. The molecule has 3 atom stereocenters. The number of rotatable bonds is 3. The van der Waals surface area contributed by atoms with Crippen LogP contribution in [0.3, 0.4) is 0 Å². The molecule has 3 unspecified atom stereocenters. The van der Waals surface area contributed by atoms with Gasteiger partial charge in [0.1, 0.15) is 6.61 Å². The second-order valence-corrected chi connectivity index (χ2v) is 4.11. The van der Waals surface area contributed by atoms with Gasteiger partial charge >= 0.3 is 0 Å². The van der Waals surface area contributed by atoms with Crippen LogP contribution in [0.4, 0.5) is 0 Å². The number of hydroxylamine groups is 1. The van der Waals surface area contributed by atoms with Crippen LogP contribution in [-0.2, 0) is 4.84 Å². The molecule has 0 heterocycles. The number of terminal acetylenes is 1. The monoisotopic (exact) mass is 181 g/mol. The molecule has 1 rings (SSSR count). The first-order valence-electron chi connectivity index (χ1n) is 5.04. The van der Waals surface area contributed by atoms with E-state index in [4.69, 9.17) is 11.3 Å². The molecule has 0 bridgehead atoms. The van der Waals surface area contributed by atoms with Crippen molar-refractivity contribution in [1.82, 2.24) is 5.48 Å². The van der Waals surface area contributed by atoms with Gasteiger partial charge in [0.2, 0.25) is 0 Å². The fourth-order valence-corrected chi connectivity index (χ4v) is 2.03. The fourth-order valence-electron chi connectivity index (χ4n) is 2.03. The Balaban J connectivity index is 2.22. The van der Waals surface area contributed by atoms with E-state index in [1.54, 1.807) is 0 Å². The van der Waals surface area contributed by atoms with E-state index in [1.807, 2.05) is 0 Å². The van der Waals surface area contributed by atoms with E-state index >= 15 is 0 Å². The first-order chi connectivity index (χ1) is 6.24. The molecule has 0 aromatic heterocycles. The Morgan fingerprint density at radius 2 is 2.23 bits per heavy atom. The first kappa shape index (κ1) is 10.6. The van der Waals surface area contributed by atoms with Crippen molar-refractivity contribution in [3.8, 4) is 12.3 Å². The minimum absolute atomic E-state index is 0.360. The SMILES string of the molecule is C#CCONC1CCC(C)CC1C. The van der Waals surface area contributed by atoms with Crippen LogP contribution in [0.2, 0.25) is 0 Å². The maximum absolute atomic E-state index is 5.14. The Morgan fingerprint density at radius 1 is 1.46 bits per heavy atom. The van der Waals surface area contributed by atoms with Crippen LogP contribution in [0.1, 0.15) is 33.1 Å². The molecule has 0 spiro atoms. The Labute approximate surface area is 81.0 Å². The predicted molar refractivity (Wildman–Crippen MR) is 53.9 cm³/mol. The van der Waals surface area contributed by atoms with Crippen molar-refractivity contribution in [3.05, 3.63) is 0 Å². The van der Waals surface area contributed by atoms with Crippen LogP contribution in [0.25, 0.3) is 0 Å². The summed E-state index contributed by atoms with van der Waals surface area (Å²) in [6, 6.07) is 0.490. The molecule has 0 aromatic rings. The highest BCUT2D eigenvalue weighted by Crippen LogP contribution is 2.28. The lowest BCUT2D eigenvalue weighted by atomic mass is 9.80. The Morgan fingerprint density at radius 3 is 2.85 bits per heavy atom. The van der Waals surface area contributed by atoms with Gasteiger partial charge in [-0.25, -0.2) is 0 Å². The molecule has 2 nitrogen and oxygen atoms in total. The standard InChI is InChI=1S/C11H19NO/c1-4-7-13-12-11-6-5-9(2)8-10(11)3/h1,9-12H,5-8H2,2-3H3. The van der Waals surface area contributed by atoms with Crippen molar-refractivity contribution in [2.45, 2.75) is 39.2 Å². The van der Waals surface area contributed by atoms with Crippen LogP contribution >= 0.6 is 0 Å². The summed E-state index contributed by atoms with van der Waals surface area (Å²) >= 11 is 0. The van der Waals surface area contributed by atoms with Crippen molar-refractivity contribution >= 4 is 0 Å². The third-order valence-corrected chi connectivity index (χ3v) is 2.82. The molecule has 1 fully saturated rings. The van der Waals surface area contributed by atoms with E-state index in [0.29, 0.717) is 18.6 Å². The van der Waals surface area contributed by atoms with Gasteiger partial charge in [-0.05, 0) is 31.1 Å². The van der Waals surface area contributed by atoms with Crippen molar-refractivity contribution < 1.29 is 4.84 Å². The zero-order valence-corrected chi connectivity index (χ0v) is 8.55. The Bertz CT molecular complexity index is 185. The molecule has 0 radical (unpaired) electrons. The highest BCUT2D eigenvalue weighted by atomic mass is 16.6. The largest absolute Gasteiger partial charge is 0.289 e. The van der Waals surface area contributed by atoms with Gasteiger partial charge < -0.3 is 0 Å². The number of hydrogen-bond donors (Lipinski definition) is 1. The smallest absolute Gasteiger partial charge is 0.128 e. The van der Waals surface area contributed by atoms with Gasteiger partial charge in [0.05, 0.1) is 0 Å². The molecule has 0 aliphatic heterocycles. The van der Waals surface area contributed by atoms with E-state index in [9.17, 15) is 0 Å². The molecule has 1 aliphatic carbocycles. The van der Waals surface area contributed by atoms with Gasteiger partial charge in [0.25, 0.3) is 0 Å². The molecule has 1 saturated carbocycles. The minimum Gasteiger partial charge on any atom is -0.289 e. The zero-order chi connectivity index (χ0) is 9.68. The van der Waals surface area contributed by atoms with Crippen LogP contribution in [-0.4, -0.2) is 12.6 Å². The molecule has 0 amide bonds. The summed E-state index contributed by atoms with van der Waals surface area (Å²) in [5.41, 5.74) is 3.05. The van der Waals surface area contributed by atoms with Crippen molar-refractivity contribution in [2.75, 3.05) is 6.61 Å². The third kappa shape index (κ3) is 3.38. The molecule has 1 N–H and O–H groups in total.